The molecule has 0 saturated carbocycles. The summed E-state index contributed by atoms with van der Waals surface area (Å²) in [7, 11) is 0. The van der Waals surface area contributed by atoms with E-state index in [0.717, 1.165) is 4.90 Å². The van der Waals surface area contributed by atoms with Gasteiger partial charge < -0.3 is 10.3 Å². The number of thioether (sulfide) groups is 1. The number of benzene rings is 1. The van der Waals surface area contributed by atoms with Gasteiger partial charge >= 0.3 is 0 Å². The van der Waals surface area contributed by atoms with Gasteiger partial charge in [0.05, 0.1) is 11.4 Å². The van der Waals surface area contributed by atoms with E-state index in [9.17, 15) is 0 Å². The van der Waals surface area contributed by atoms with Crippen molar-refractivity contribution in [3.8, 4) is 11.6 Å². The molecule has 0 aliphatic carbocycles. The summed E-state index contributed by atoms with van der Waals surface area (Å²) in [6, 6.07) is 13.6. The fraction of sp³-hybridized carbons (Fsp3) is 0.0714. The number of nitrogen functional groups attached to an aromatic ring is 1. The third-order valence-corrected chi connectivity index (χ3v) is 3.63. The molecule has 2 heterocycles. The van der Waals surface area contributed by atoms with Gasteiger partial charge in [0, 0.05) is 11.1 Å². The number of pyridine rings is 1. The smallest absolute Gasteiger partial charge is 0.278 e. The van der Waals surface area contributed by atoms with Gasteiger partial charge in [-0.15, -0.1) is 11.8 Å². The number of anilines is 1. The van der Waals surface area contributed by atoms with Crippen LogP contribution in [-0.4, -0.2) is 15.1 Å². The van der Waals surface area contributed by atoms with Crippen LogP contribution in [0.5, 0.6) is 0 Å². The quantitative estimate of drug-likeness (QED) is 0.742. The molecule has 0 radical (unpaired) electrons. The summed E-state index contributed by atoms with van der Waals surface area (Å²) < 4.78 is 5.20. The Labute approximate surface area is 120 Å². The molecule has 0 bridgehead atoms. The van der Waals surface area contributed by atoms with Crippen molar-refractivity contribution in [2.24, 2.45) is 0 Å². The minimum atomic E-state index is 0.353. The Balaban J connectivity index is 1.73. The summed E-state index contributed by atoms with van der Waals surface area (Å²) in [5.41, 5.74) is 6.88. The molecule has 20 heavy (non-hydrogen) atoms. The molecule has 0 fully saturated rings. The van der Waals surface area contributed by atoms with E-state index in [1.807, 2.05) is 30.3 Å². The summed E-state index contributed by atoms with van der Waals surface area (Å²) >= 11 is 1.65. The molecule has 0 unspecified atom stereocenters. The minimum Gasteiger partial charge on any atom is -0.397 e. The molecule has 1 aromatic carbocycles. The van der Waals surface area contributed by atoms with Gasteiger partial charge in [-0.1, -0.05) is 23.4 Å². The molecule has 3 rings (SSSR count). The molecular formula is C14H12N4OS. The predicted octanol–water partition coefficient (Wildman–Crippen LogP) is 3.01. The average molecular weight is 284 g/mol. The molecule has 0 amide bonds. The Morgan fingerprint density at radius 2 is 1.95 bits per heavy atom. The van der Waals surface area contributed by atoms with E-state index >= 15 is 0 Å². The normalized spacial score (nSPS) is 10.6. The van der Waals surface area contributed by atoms with Gasteiger partial charge in [0.15, 0.2) is 11.5 Å². The molecular weight excluding hydrogens is 272 g/mol. The lowest BCUT2D eigenvalue weighted by atomic mass is 10.3. The van der Waals surface area contributed by atoms with Gasteiger partial charge in [-0.05, 0) is 24.3 Å². The molecule has 3 aromatic rings. The van der Waals surface area contributed by atoms with Gasteiger partial charge in [-0.2, -0.15) is 4.98 Å². The molecule has 0 spiro atoms. The second-order valence-corrected chi connectivity index (χ2v) is 5.11. The topological polar surface area (TPSA) is 77.8 Å². The van der Waals surface area contributed by atoms with Gasteiger partial charge in [0.25, 0.3) is 5.89 Å². The van der Waals surface area contributed by atoms with Gasteiger partial charge in [-0.3, -0.25) is 0 Å². The van der Waals surface area contributed by atoms with Crippen LogP contribution in [0.2, 0.25) is 0 Å². The van der Waals surface area contributed by atoms with E-state index in [-0.39, 0.29) is 0 Å². The second kappa shape index (κ2) is 5.75. The van der Waals surface area contributed by atoms with E-state index in [4.69, 9.17) is 10.3 Å². The largest absolute Gasteiger partial charge is 0.397 e. The van der Waals surface area contributed by atoms with Gasteiger partial charge in [-0.25, -0.2) is 4.98 Å². The van der Waals surface area contributed by atoms with E-state index in [1.54, 1.807) is 30.1 Å². The number of aromatic nitrogens is 3. The fourth-order valence-electron chi connectivity index (χ4n) is 1.67. The summed E-state index contributed by atoms with van der Waals surface area (Å²) in [6.45, 7) is 0. The lowest BCUT2D eigenvalue weighted by Crippen LogP contribution is -1.92. The molecule has 2 N–H and O–H groups in total. The molecule has 0 atom stereocenters. The average Bonchev–Trinajstić information content (AvgIpc) is 2.95. The lowest BCUT2D eigenvalue weighted by molar-refractivity contribution is 0.424. The minimum absolute atomic E-state index is 0.353. The Morgan fingerprint density at radius 1 is 1.10 bits per heavy atom. The summed E-state index contributed by atoms with van der Waals surface area (Å²) in [5.74, 6) is 1.62. The van der Waals surface area contributed by atoms with Crippen LogP contribution in [0.15, 0.2) is 58.1 Å². The van der Waals surface area contributed by atoms with Crippen LogP contribution in [-0.2, 0) is 5.75 Å². The predicted molar refractivity (Wildman–Crippen MR) is 77.9 cm³/mol. The second-order valence-electron chi connectivity index (χ2n) is 4.06. The third-order valence-electron chi connectivity index (χ3n) is 2.62. The Bertz CT molecular complexity index is 699. The highest BCUT2D eigenvalue weighted by molar-refractivity contribution is 7.98. The van der Waals surface area contributed by atoms with Crippen LogP contribution < -0.4 is 5.73 Å². The number of hydrogen-bond acceptors (Lipinski definition) is 6. The zero-order valence-corrected chi connectivity index (χ0v) is 11.4. The van der Waals surface area contributed by atoms with Crippen molar-refractivity contribution in [3.05, 3.63) is 54.5 Å². The van der Waals surface area contributed by atoms with Crippen molar-refractivity contribution in [3.63, 3.8) is 0 Å². The zero-order chi connectivity index (χ0) is 13.8. The van der Waals surface area contributed by atoms with Crippen molar-refractivity contribution in [2.45, 2.75) is 10.6 Å². The Kier molecular flexibility index (Phi) is 3.64. The SMILES string of the molecule is Nc1cccnc1-c1nc(CSc2ccccc2)no1. The fourth-order valence-corrected chi connectivity index (χ4v) is 2.43. The van der Waals surface area contributed by atoms with Crippen LogP contribution >= 0.6 is 11.8 Å². The molecule has 0 aliphatic heterocycles. The highest BCUT2D eigenvalue weighted by Crippen LogP contribution is 2.24. The van der Waals surface area contributed by atoms with E-state index < -0.39 is 0 Å². The maximum Gasteiger partial charge on any atom is 0.278 e. The number of hydrogen-bond donors (Lipinski definition) is 1. The molecule has 0 aliphatic rings. The summed E-state index contributed by atoms with van der Waals surface area (Å²) in [4.78, 5) is 9.63. The summed E-state index contributed by atoms with van der Waals surface area (Å²) in [5, 5.41) is 3.95. The van der Waals surface area contributed by atoms with Crippen molar-refractivity contribution < 1.29 is 4.52 Å². The molecule has 100 valence electrons. The molecule has 2 aromatic heterocycles. The first-order valence-corrected chi connectivity index (χ1v) is 7.03. The van der Waals surface area contributed by atoms with E-state index in [2.05, 4.69) is 15.1 Å². The standard InChI is InChI=1S/C14H12N4OS/c15-11-7-4-8-16-13(11)14-17-12(18-19-14)9-20-10-5-2-1-3-6-10/h1-8H,9,15H2. The number of nitrogens with zero attached hydrogens (tertiary/aromatic N) is 3. The first-order valence-electron chi connectivity index (χ1n) is 6.04. The van der Waals surface area contributed by atoms with Crippen LogP contribution in [0, 0.1) is 0 Å². The lowest BCUT2D eigenvalue weighted by Gasteiger charge is -1.97. The van der Waals surface area contributed by atoms with Crippen molar-refractivity contribution in [1.29, 1.82) is 0 Å². The first-order chi connectivity index (χ1) is 9.83. The van der Waals surface area contributed by atoms with Gasteiger partial charge in [0.1, 0.15) is 0 Å². The van der Waals surface area contributed by atoms with Crippen LogP contribution in [0.3, 0.4) is 0 Å². The number of nitrogens with two attached hydrogens (primary N) is 1. The van der Waals surface area contributed by atoms with Gasteiger partial charge in [0.2, 0.25) is 0 Å². The Hall–Kier alpha value is -2.34. The van der Waals surface area contributed by atoms with Crippen molar-refractivity contribution in [2.75, 3.05) is 5.73 Å². The maximum absolute atomic E-state index is 5.83. The third kappa shape index (κ3) is 2.80. The molecule has 6 heteroatoms. The maximum atomic E-state index is 5.83. The number of rotatable bonds is 4. The van der Waals surface area contributed by atoms with E-state index in [0.29, 0.717) is 28.8 Å². The van der Waals surface area contributed by atoms with Crippen LogP contribution in [0.25, 0.3) is 11.6 Å². The molecule has 5 nitrogen and oxygen atoms in total. The van der Waals surface area contributed by atoms with Crippen LogP contribution in [0.4, 0.5) is 5.69 Å². The highest BCUT2D eigenvalue weighted by Gasteiger charge is 2.12. The monoisotopic (exact) mass is 284 g/mol. The zero-order valence-electron chi connectivity index (χ0n) is 10.6. The first kappa shape index (κ1) is 12.7. The Morgan fingerprint density at radius 3 is 2.75 bits per heavy atom. The van der Waals surface area contributed by atoms with E-state index in [1.165, 1.54) is 0 Å². The summed E-state index contributed by atoms with van der Waals surface area (Å²) in [6.07, 6.45) is 1.65. The highest BCUT2D eigenvalue weighted by atomic mass is 32.2. The van der Waals surface area contributed by atoms with Crippen molar-refractivity contribution in [1.82, 2.24) is 15.1 Å². The van der Waals surface area contributed by atoms with Crippen molar-refractivity contribution >= 4 is 17.4 Å². The molecule has 0 saturated heterocycles. The van der Waals surface area contributed by atoms with Crippen LogP contribution in [0.1, 0.15) is 5.82 Å².